The predicted octanol–water partition coefficient (Wildman–Crippen LogP) is 1.44. The quantitative estimate of drug-likeness (QED) is 0.898. The molecule has 1 amide bonds. The van der Waals surface area contributed by atoms with E-state index in [1.807, 2.05) is 36.5 Å². The fourth-order valence-corrected chi connectivity index (χ4v) is 2.52. The molecule has 0 saturated carbocycles. The number of piperidine rings is 1. The molecule has 1 saturated heterocycles. The van der Waals surface area contributed by atoms with Crippen molar-refractivity contribution in [3.8, 4) is 5.69 Å². The van der Waals surface area contributed by atoms with Gasteiger partial charge in [0, 0.05) is 25.3 Å². The zero-order valence-corrected chi connectivity index (χ0v) is 11.3. The van der Waals surface area contributed by atoms with Crippen molar-refractivity contribution in [2.24, 2.45) is 5.73 Å². The summed E-state index contributed by atoms with van der Waals surface area (Å²) >= 11 is 0. The third kappa shape index (κ3) is 2.58. The number of para-hydroxylation sites is 1. The molecule has 0 radical (unpaired) electrons. The van der Waals surface area contributed by atoms with Crippen molar-refractivity contribution in [2.75, 3.05) is 13.1 Å². The summed E-state index contributed by atoms with van der Waals surface area (Å²) in [4.78, 5) is 14.2. The summed E-state index contributed by atoms with van der Waals surface area (Å²) in [6.45, 7) is 1.39. The first-order valence-electron chi connectivity index (χ1n) is 6.90. The van der Waals surface area contributed by atoms with Gasteiger partial charge in [0.05, 0.1) is 5.69 Å². The number of nitrogens with two attached hydrogens (primary N) is 1. The highest BCUT2D eigenvalue weighted by Gasteiger charge is 2.23. The smallest absolute Gasteiger partial charge is 0.274 e. The van der Waals surface area contributed by atoms with Crippen LogP contribution >= 0.6 is 0 Å². The first kappa shape index (κ1) is 12.9. The summed E-state index contributed by atoms with van der Waals surface area (Å²) in [6.07, 6.45) is 3.76. The van der Waals surface area contributed by atoms with Gasteiger partial charge in [-0.1, -0.05) is 18.2 Å². The Balaban J connectivity index is 1.78. The molecule has 104 valence electrons. The van der Waals surface area contributed by atoms with Gasteiger partial charge in [-0.2, -0.15) is 5.10 Å². The number of carbonyl (C=O) groups excluding carboxylic acids is 1. The molecule has 1 fully saturated rings. The number of hydrogen-bond donors (Lipinski definition) is 1. The van der Waals surface area contributed by atoms with Crippen LogP contribution in [-0.2, 0) is 0 Å². The van der Waals surface area contributed by atoms with E-state index >= 15 is 0 Å². The van der Waals surface area contributed by atoms with Gasteiger partial charge in [-0.25, -0.2) is 4.68 Å². The second-order valence-corrected chi connectivity index (χ2v) is 5.13. The van der Waals surface area contributed by atoms with Crippen molar-refractivity contribution in [1.82, 2.24) is 14.7 Å². The summed E-state index contributed by atoms with van der Waals surface area (Å²) in [5.74, 6) is -0.0326. The molecule has 0 spiro atoms. The summed E-state index contributed by atoms with van der Waals surface area (Å²) < 4.78 is 1.72. The number of carbonyl (C=O) groups is 1. The molecular formula is C15H18N4O. The molecule has 20 heavy (non-hydrogen) atoms. The molecule has 1 unspecified atom stereocenters. The Bertz CT molecular complexity index is 593. The molecule has 2 heterocycles. The van der Waals surface area contributed by atoms with Gasteiger partial charge >= 0.3 is 0 Å². The van der Waals surface area contributed by atoms with Crippen molar-refractivity contribution in [2.45, 2.75) is 18.9 Å². The summed E-state index contributed by atoms with van der Waals surface area (Å²) in [5, 5.41) is 4.37. The summed E-state index contributed by atoms with van der Waals surface area (Å²) in [6, 6.07) is 11.6. The minimum atomic E-state index is -0.0326. The monoisotopic (exact) mass is 270 g/mol. The van der Waals surface area contributed by atoms with E-state index in [1.165, 1.54) is 0 Å². The standard InChI is InChI=1S/C15H18N4O/c16-12-5-4-9-18(11-12)15(20)14-8-10-19(17-14)13-6-2-1-3-7-13/h1-3,6-8,10,12H,4-5,9,11,16H2. The van der Waals surface area contributed by atoms with E-state index in [4.69, 9.17) is 5.73 Å². The van der Waals surface area contributed by atoms with Gasteiger partial charge in [-0.15, -0.1) is 0 Å². The minimum Gasteiger partial charge on any atom is -0.336 e. The molecule has 1 aromatic heterocycles. The van der Waals surface area contributed by atoms with Gasteiger partial charge in [0.1, 0.15) is 0 Å². The fraction of sp³-hybridized carbons (Fsp3) is 0.333. The number of likely N-dealkylation sites (tertiary alicyclic amines) is 1. The van der Waals surface area contributed by atoms with Crippen LogP contribution in [0.1, 0.15) is 23.3 Å². The Morgan fingerprint density at radius 1 is 1.25 bits per heavy atom. The van der Waals surface area contributed by atoms with Crippen LogP contribution in [0.15, 0.2) is 42.6 Å². The van der Waals surface area contributed by atoms with Gasteiger partial charge in [0.25, 0.3) is 5.91 Å². The SMILES string of the molecule is NC1CCCN(C(=O)c2ccn(-c3ccccc3)n2)C1. The highest BCUT2D eigenvalue weighted by Crippen LogP contribution is 2.13. The van der Waals surface area contributed by atoms with Gasteiger partial charge < -0.3 is 10.6 Å². The van der Waals surface area contributed by atoms with Crippen LogP contribution in [0, 0.1) is 0 Å². The zero-order chi connectivity index (χ0) is 13.9. The van der Waals surface area contributed by atoms with Crippen LogP contribution in [0.25, 0.3) is 5.69 Å². The fourth-order valence-electron chi connectivity index (χ4n) is 2.52. The molecule has 1 aromatic carbocycles. The second-order valence-electron chi connectivity index (χ2n) is 5.13. The Morgan fingerprint density at radius 2 is 2.05 bits per heavy atom. The maximum atomic E-state index is 12.4. The lowest BCUT2D eigenvalue weighted by molar-refractivity contribution is 0.0702. The van der Waals surface area contributed by atoms with Gasteiger partial charge in [-0.05, 0) is 31.0 Å². The average Bonchev–Trinajstić information content (AvgIpc) is 2.97. The van der Waals surface area contributed by atoms with Crippen LogP contribution in [0.4, 0.5) is 0 Å². The van der Waals surface area contributed by atoms with E-state index in [0.29, 0.717) is 12.2 Å². The number of benzene rings is 1. The van der Waals surface area contributed by atoms with Crippen molar-refractivity contribution in [1.29, 1.82) is 0 Å². The van der Waals surface area contributed by atoms with Gasteiger partial charge in [0.15, 0.2) is 5.69 Å². The molecule has 0 aliphatic carbocycles. The molecule has 3 rings (SSSR count). The predicted molar refractivity (Wildman–Crippen MR) is 76.7 cm³/mol. The maximum absolute atomic E-state index is 12.4. The van der Waals surface area contributed by atoms with Crippen molar-refractivity contribution < 1.29 is 4.79 Å². The maximum Gasteiger partial charge on any atom is 0.274 e. The first-order valence-corrected chi connectivity index (χ1v) is 6.90. The highest BCUT2D eigenvalue weighted by atomic mass is 16.2. The van der Waals surface area contributed by atoms with E-state index in [1.54, 1.807) is 15.6 Å². The zero-order valence-electron chi connectivity index (χ0n) is 11.3. The van der Waals surface area contributed by atoms with Crippen LogP contribution in [0.2, 0.25) is 0 Å². The number of aromatic nitrogens is 2. The average molecular weight is 270 g/mol. The number of nitrogens with zero attached hydrogens (tertiary/aromatic N) is 3. The van der Waals surface area contributed by atoms with Crippen LogP contribution < -0.4 is 5.73 Å². The Morgan fingerprint density at radius 3 is 2.80 bits per heavy atom. The van der Waals surface area contributed by atoms with Crippen molar-refractivity contribution in [3.63, 3.8) is 0 Å². The van der Waals surface area contributed by atoms with Gasteiger partial charge in [0.2, 0.25) is 0 Å². The first-order chi connectivity index (χ1) is 9.74. The molecule has 2 aromatic rings. The largest absolute Gasteiger partial charge is 0.336 e. The Hall–Kier alpha value is -2.14. The number of rotatable bonds is 2. The molecule has 0 bridgehead atoms. The third-order valence-corrected chi connectivity index (χ3v) is 3.57. The molecule has 5 nitrogen and oxygen atoms in total. The molecule has 1 atom stereocenters. The van der Waals surface area contributed by atoms with E-state index in [-0.39, 0.29) is 11.9 Å². The van der Waals surface area contributed by atoms with E-state index < -0.39 is 0 Å². The number of amides is 1. The molecule has 5 heteroatoms. The van der Waals surface area contributed by atoms with E-state index in [9.17, 15) is 4.79 Å². The number of hydrogen-bond acceptors (Lipinski definition) is 3. The molecule has 2 N–H and O–H groups in total. The van der Waals surface area contributed by atoms with Crippen LogP contribution in [0.3, 0.4) is 0 Å². The minimum absolute atomic E-state index is 0.0326. The topological polar surface area (TPSA) is 64.2 Å². The lowest BCUT2D eigenvalue weighted by atomic mass is 10.1. The van der Waals surface area contributed by atoms with Crippen molar-refractivity contribution in [3.05, 3.63) is 48.3 Å². The highest BCUT2D eigenvalue weighted by molar-refractivity contribution is 5.92. The van der Waals surface area contributed by atoms with E-state index in [0.717, 1.165) is 25.1 Å². The van der Waals surface area contributed by atoms with Crippen molar-refractivity contribution >= 4 is 5.91 Å². The normalized spacial score (nSPS) is 19.1. The Kier molecular flexibility index (Phi) is 3.52. The second kappa shape index (κ2) is 5.46. The lowest BCUT2D eigenvalue weighted by Crippen LogP contribution is -2.45. The van der Waals surface area contributed by atoms with E-state index in [2.05, 4.69) is 5.10 Å². The summed E-state index contributed by atoms with van der Waals surface area (Å²) in [5.41, 5.74) is 7.34. The van der Waals surface area contributed by atoms with Crippen LogP contribution in [0.5, 0.6) is 0 Å². The molecular weight excluding hydrogens is 252 g/mol. The molecule has 1 aliphatic heterocycles. The third-order valence-electron chi connectivity index (χ3n) is 3.57. The lowest BCUT2D eigenvalue weighted by Gasteiger charge is -2.30. The molecule has 1 aliphatic rings. The Labute approximate surface area is 118 Å². The summed E-state index contributed by atoms with van der Waals surface area (Å²) in [7, 11) is 0. The van der Waals surface area contributed by atoms with Gasteiger partial charge in [-0.3, -0.25) is 4.79 Å². The van der Waals surface area contributed by atoms with Crippen LogP contribution in [-0.4, -0.2) is 39.7 Å².